The minimum absolute atomic E-state index is 0.318. The molecule has 0 fully saturated rings. The van der Waals surface area contributed by atoms with Gasteiger partial charge in [0.15, 0.2) is 5.11 Å². The van der Waals surface area contributed by atoms with Crippen molar-refractivity contribution in [2.45, 2.75) is 33.6 Å². The van der Waals surface area contributed by atoms with E-state index in [0.29, 0.717) is 10.7 Å². The van der Waals surface area contributed by atoms with Crippen molar-refractivity contribution in [3.63, 3.8) is 0 Å². The molecule has 0 bridgehead atoms. The zero-order valence-electron chi connectivity index (χ0n) is 11.8. The number of hydrogen-bond donors (Lipinski definition) is 2. The number of carbonyl (C=O) groups excluding carboxylic acids is 1. The molecule has 0 aromatic carbocycles. The first-order chi connectivity index (χ1) is 9.04. The summed E-state index contributed by atoms with van der Waals surface area (Å²) in [4.78, 5) is 13.0. The fourth-order valence-corrected chi connectivity index (χ4v) is 3.20. The molecule has 0 saturated carbocycles. The monoisotopic (exact) mass is 300 g/mol. The fourth-order valence-electron chi connectivity index (χ4n) is 1.80. The van der Waals surface area contributed by atoms with Gasteiger partial charge >= 0.3 is 5.97 Å². The van der Waals surface area contributed by atoms with Gasteiger partial charge in [0.1, 0.15) is 5.00 Å². The average molecular weight is 300 g/mol. The molecule has 106 valence electrons. The highest BCUT2D eigenvalue weighted by Gasteiger charge is 2.22. The van der Waals surface area contributed by atoms with E-state index in [1.165, 1.54) is 18.4 Å². The Morgan fingerprint density at radius 3 is 2.63 bits per heavy atom. The second kappa shape index (κ2) is 7.45. The van der Waals surface area contributed by atoms with Gasteiger partial charge in [-0.2, -0.15) is 0 Å². The summed E-state index contributed by atoms with van der Waals surface area (Å²) in [6, 6.07) is 0. The molecule has 1 heterocycles. The fraction of sp³-hybridized carbons (Fsp3) is 0.538. The summed E-state index contributed by atoms with van der Waals surface area (Å²) in [5.41, 5.74) is 1.63. The van der Waals surface area contributed by atoms with E-state index in [9.17, 15) is 4.79 Å². The first kappa shape index (κ1) is 15.9. The average Bonchev–Trinajstić information content (AvgIpc) is 2.70. The number of methoxy groups -OCH3 is 1. The van der Waals surface area contributed by atoms with Gasteiger partial charge in [-0.15, -0.1) is 11.3 Å². The summed E-state index contributed by atoms with van der Waals surface area (Å²) in [6.45, 7) is 6.91. The Morgan fingerprint density at radius 2 is 2.11 bits per heavy atom. The molecule has 19 heavy (non-hydrogen) atoms. The van der Waals surface area contributed by atoms with Crippen LogP contribution in [0, 0.1) is 6.92 Å². The van der Waals surface area contributed by atoms with Crippen LogP contribution >= 0.6 is 23.6 Å². The van der Waals surface area contributed by atoms with E-state index in [4.69, 9.17) is 17.0 Å². The molecule has 0 atom stereocenters. The Kier molecular flexibility index (Phi) is 6.24. The summed E-state index contributed by atoms with van der Waals surface area (Å²) in [6.07, 6.45) is 1.79. The maximum Gasteiger partial charge on any atom is 0.341 e. The van der Waals surface area contributed by atoms with Crippen LogP contribution in [0.5, 0.6) is 0 Å². The first-order valence-electron chi connectivity index (χ1n) is 6.30. The van der Waals surface area contributed by atoms with Crippen molar-refractivity contribution in [3.05, 3.63) is 16.0 Å². The molecule has 0 aliphatic rings. The molecule has 2 N–H and O–H groups in total. The number of esters is 1. The molecule has 0 saturated heterocycles. The molecule has 0 aliphatic heterocycles. The summed E-state index contributed by atoms with van der Waals surface area (Å²) in [7, 11) is 1.40. The molecule has 4 nitrogen and oxygen atoms in total. The summed E-state index contributed by atoms with van der Waals surface area (Å²) >= 11 is 6.74. The van der Waals surface area contributed by atoms with Gasteiger partial charge < -0.3 is 15.4 Å². The van der Waals surface area contributed by atoms with E-state index in [1.807, 2.05) is 13.8 Å². The number of ether oxygens (including phenoxy) is 1. The topological polar surface area (TPSA) is 50.4 Å². The maximum atomic E-state index is 11.9. The third-order valence-electron chi connectivity index (χ3n) is 2.71. The molecule has 0 spiro atoms. The quantitative estimate of drug-likeness (QED) is 0.646. The smallest absolute Gasteiger partial charge is 0.341 e. The molecule has 0 aliphatic carbocycles. The van der Waals surface area contributed by atoms with Gasteiger partial charge in [0.2, 0.25) is 0 Å². The zero-order chi connectivity index (χ0) is 14.4. The van der Waals surface area contributed by atoms with Crippen LogP contribution in [0.3, 0.4) is 0 Å². The Hall–Kier alpha value is -1.14. The van der Waals surface area contributed by atoms with Gasteiger partial charge in [-0.3, -0.25) is 0 Å². The van der Waals surface area contributed by atoms with E-state index in [-0.39, 0.29) is 5.97 Å². The number of rotatable bonds is 5. The number of thiocarbonyl (C=S) groups is 1. The van der Waals surface area contributed by atoms with E-state index >= 15 is 0 Å². The highest BCUT2D eigenvalue weighted by molar-refractivity contribution is 7.80. The molecular formula is C13H20N2O2S2. The van der Waals surface area contributed by atoms with Crippen LogP contribution in [-0.2, 0) is 11.2 Å². The number of hydrogen-bond acceptors (Lipinski definition) is 4. The van der Waals surface area contributed by atoms with Crippen molar-refractivity contribution >= 4 is 39.6 Å². The lowest BCUT2D eigenvalue weighted by Crippen LogP contribution is -2.29. The van der Waals surface area contributed by atoms with E-state index < -0.39 is 0 Å². The van der Waals surface area contributed by atoms with Crippen molar-refractivity contribution in [2.75, 3.05) is 19.0 Å². The Labute approximate surface area is 123 Å². The lowest BCUT2D eigenvalue weighted by atomic mass is 10.1. The molecule has 1 rings (SSSR count). The van der Waals surface area contributed by atoms with Crippen molar-refractivity contribution in [1.82, 2.24) is 5.32 Å². The predicted octanol–water partition coefficient (Wildman–Crippen LogP) is 3.10. The van der Waals surface area contributed by atoms with Crippen molar-refractivity contribution in [1.29, 1.82) is 0 Å². The van der Waals surface area contributed by atoms with Gasteiger partial charge in [0.05, 0.1) is 12.7 Å². The van der Waals surface area contributed by atoms with Crippen LogP contribution in [0.1, 0.15) is 41.1 Å². The standard InChI is InChI=1S/C13H20N2O2S2/c1-5-7-14-13(18)15-11-10(12(16)17-4)9(6-2)8(3)19-11/h5-7H2,1-4H3,(H2,14,15,18). The van der Waals surface area contributed by atoms with Gasteiger partial charge in [-0.05, 0) is 37.5 Å². The van der Waals surface area contributed by atoms with Crippen molar-refractivity contribution in [2.24, 2.45) is 0 Å². The Morgan fingerprint density at radius 1 is 1.42 bits per heavy atom. The number of thiophene rings is 1. The van der Waals surface area contributed by atoms with Crippen LogP contribution in [0.4, 0.5) is 5.00 Å². The van der Waals surface area contributed by atoms with Gasteiger partial charge in [0.25, 0.3) is 0 Å². The molecule has 0 unspecified atom stereocenters. The highest BCUT2D eigenvalue weighted by atomic mass is 32.1. The molecule has 1 aromatic heterocycles. The Bertz CT molecular complexity index is 469. The molecule has 0 radical (unpaired) electrons. The Balaban J connectivity index is 3.00. The van der Waals surface area contributed by atoms with E-state index in [1.54, 1.807) is 0 Å². The molecule has 6 heteroatoms. The van der Waals surface area contributed by atoms with Crippen LogP contribution in [0.2, 0.25) is 0 Å². The lowest BCUT2D eigenvalue weighted by Gasteiger charge is -2.10. The minimum Gasteiger partial charge on any atom is -0.465 e. The van der Waals surface area contributed by atoms with Crippen molar-refractivity contribution in [3.8, 4) is 0 Å². The third-order valence-corrected chi connectivity index (χ3v) is 4.02. The summed E-state index contributed by atoms with van der Waals surface area (Å²) in [5, 5.41) is 7.48. The molecular weight excluding hydrogens is 280 g/mol. The SMILES string of the molecule is CCCNC(=S)Nc1sc(C)c(CC)c1C(=O)OC. The van der Waals surface area contributed by atoms with Gasteiger partial charge in [-0.25, -0.2) is 4.79 Å². The lowest BCUT2D eigenvalue weighted by molar-refractivity contribution is 0.0601. The number of anilines is 1. The largest absolute Gasteiger partial charge is 0.465 e. The van der Waals surface area contributed by atoms with Crippen LogP contribution in [0.15, 0.2) is 0 Å². The summed E-state index contributed by atoms with van der Waals surface area (Å²) < 4.78 is 4.86. The van der Waals surface area contributed by atoms with Crippen LogP contribution in [-0.4, -0.2) is 24.7 Å². The maximum absolute atomic E-state index is 11.9. The first-order valence-corrected chi connectivity index (χ1v) is 7.52. The second-order valence-corrected chi connectivity index (χ2v) is 5.70. The van der Waals surface area contributed by atoms with E-state index in [2.05, 4.69) is 17.6 Å². The van der Waals surface area contributed by atoms with Crippen molar-refractivity contribution < 1.29 is 9.53 Å². The predicted molar refractivity (Wildman–Crippen MR) is 84.3 cm³/mol. The number of carbonyl (C=O) groups is 1. The van der Waals surface area contributed by atoms with Gasteiger partial charge in [0, 0.05) is 11.4 Å². The van der Waals surface area contributed by atoms with E-state index in [0.717, 1.165) is 34.8 Å². The number of aryl methyl sites for hydroxylation is 1. The number of nitrogens with one attached hydrogen (secondary N) is 2. The minimum atomic E-state index is -0.318. The highest BCUT2D eigenvalue weighted by Crippen LogP contribution is 2.33. The normalized spacial score (nSPS) is 10.1. The second-order valence-electron chi connectivity index (χ2n) is 4.07. The third kappa shape index (κ3) is 3.91. The summed E-state index contributed by atoms with van der Waals surface area (Å²) in [5.74, 6) is -0.318. The van der Waals surface area contributed by atoms with Crippen LogP contribution in [0.25, 0.3) is 0 Å². The molecule has 0 amide bonds. The molecule has 1 aromatic rings. The van der Waals surface area contributed by atoms with Crippen LogP contribution < -0.4 is 10.6 Å². The zero-order valence-corrected chi connectivity index (χ0v) is 13.4. The van der Waals surface area contributed by atoms with Gasteiger partial charge in [-0.1, -0.05) is 13.8 Å².